The van der Waals surface area contributed by atoms with E-state index in [2.05, 4.69) is 16.6 Å². The summed E-state index contributed by atoms with van der Waals surface area (Å²) >= 11 is 0. The highest BCUT2D eigenvalue weighted by Crippen LogP contribution is 1.91. The Morgan fingerprint density at radius 3 is 2.70 bits per heavy atom. The average Bonchev–Trinajstić information content (AvgIpc) is 1.98. The molecule has 1 unspecified atom stereocenters. The first-order valence-corrected chi connectivity index (χ1v) is 2.89. The topological polar surface area (TPSA) is 43.4 Å². The highest BCUT2D eigenvalue weighted by molar-refractivity contribution is 5.72. The van der Waals surface area contributed by atoms with Crippen LogP contribution in [-0.4, -0.2) is 18.9 Å². The summed E-state index contributed by atoms with van der Waals surface area (Å²) < 4.78 is 4.48. The van der Waals surface area contributed by atoms with Gasteiger partial charge < -0.3 is 4.74 Å². The van der Waals surface area contributed by atoms with E-state index in [-0.39, 0.29) is 0 Å². The van der Waals surface area contributed by atoms with Crippen LogP contribution in [0.1, 0.15) is 13.3 Å². The Labute approximate surface area is 59.4 Å². The van der Waals surface area contributed by atoms with E-state index in [1.54, 1.807) is 0 Å². The SMILES string of the molecule is CCC(C#CC=O)OC=O. The number of rotatable bonds is 3. The van der Waals surface area contributed by atoms with Crippen molar-refractivity contribution in [1.82, 2.24) is 0 Å². The molecule has 0 saturated heterocycles. The minimum Gasteiger partial charge on any atom is -0.451 e. The maximum absolute atomic E-state index is 9.76. The molecule has 0 aliphatic carbocycles. The molecule has 10 heavy (non-hydrogen) atoms. The quantitative estimate of drug-likeness (QED) is 0.413. The molecule has 0 spiro atoms. The minimum atomic E-state index is -0.442. The molecular weight excluding hydrogens is 132 g/mol. The summed E-state index contributed by atoms with van der Waals surface area (Å²) in [5.41, 5.74) is 0. The van der Waals surface area contributed by atoms with Gasteiger partial charge in [0.15, 0.2) is 12.4 Å². The Bertz CT molecular complexity index is 163. The van der Waals surface area contributed by atoms with Crippen molar-refractivity contribution >= 4 is 12.8 Å². The van der Waals surface area contributed by atoms with E-state index < -0.39 is 6.10 Å². The van der Waals surface area contributed by atoms with Gasteiger partial charge in [-0.15, -0.1) is 0 Å². The molecule has 3 heteroatoms. The molecule has 0 aliphatic heterocycles. The number of hydrogen-bond donors (Lipinski definition) is 0. The first-order chi connectivity index (χ1) is 4.85. The molecule has 0 aromatic rings. The van der Waals surface area contributed by atoms with Crippen LogP contribution in [0.2, 0.25) is 0 Å². The van der Waals surface area contributed by atoms with Crippen molar-refractivity contribution < 1.29 is 14.3 Å². The Morgan fingerprint density at radius 1 is 1.60 bits per heavy atom. The van der Waals surface area contributed by atoms with Gasteiger partial charge in [-0.25, -0.2) is 0 Å². The Balaban J connectivity index is 3.80. The summed E-state index contributed by atoms with van der Waals surface area (Å²) in [6, 6.07) is 0. The fraction of sp³-hybridized carbons (Fsp3) is 0.429. The second-order valence-corrected chi connectivity index (χ2v) is 1.54. The van der Waals surface area contributed by atoms with Crippen molar-refractivity contribution in [2.24, 2.45) is 0 Å². The first-order valence-electron chi connectivity index (χ1n) is 2.89. The monoisotopic (exact) mass is 140 g/mol. The third-order valence-corrected chi connectivity index (χ3v) is 0.894. The van der Waals surface area contributed by atoms with Crippen LogP contribution < -0.4 is 0 Å². The van der Waals surface area contributed by atoms with E-state index in [1.807, 2.05) is 6.92 Å². The maximum Gasteiger partial charge on any atom is 0.294 e. The maximum atomic E-state index is 9.76. The second kappa shape index (κ2) is 5.83. The standard InChI is InChI=1S/C7H8O3/c1-2-7(10-6-9)4-3-5-8/h5-7H,2H2,1H3. The van der Waals surface area contributed by atoms with Gasteiger partial charge >= 0.3 is 0 Å². The first kappa shape index (κ1) is 8.70. The Morgan fingerprint density at radius 2 is 2.30 bits per heavy atom. The predicted molar refractivity (Wildman–Crippen MR) is 35.1 cm³/mol. The van der Waals surface area contributed by atoms with Crippen molar-refractivity contribution in [3.05, 3.63) is 0 Å². The third kappa shape index (κ3) is 3.67. The number of ether oxygens (including phenoxy) is 1. The molecule has 0 heterocycles. The molecule has 0 amide bonds. The zero-order chi connectivity index (χ0) is 7.82. The van der Waals surface area contributed by atoms with Gasteiger partial charge in [-0.1, -0.05) is 12.8 Å². The van der Waals surface area contributed by atoms with Gasteiger partial charge in [0.05, 0.1) is 0 Å². The summed E-state index contributed by atoms with van der Waals surface area (Å²) in [6.07, 6.45) is 0.624. The average molecular weight is 140 g/mol. The Kier molecular flexibility index (Phi) is 5.07. The largest absolute Gasteiger partial charge is 0.451 e. The van der Waals surface area contributed by atoms with Crippen LogP contribution in [0.15, 0.2) is 0 Å². The highest BCUT2D eigenvalue weighted by Gasteiger charge is 1.98. The lowest BCUT2D eigenvalue weighted by Gasteiger charge is -2.01. The third-order valence-electron chi connectivity index (χ3n) is 0.894. The summed E-state index contributed by atoms with van der Waals surface area (Å²) in [6.45, 7) is 2.14. The molecule has 0 aliphatic rings. The minimum absolute atomic E-state index is 0.327. The molecule has 0 radical (unpaired) electrons. The predicted octanol–water partition coefficient (Wildman–Crippen LogP) is 0.140. The lowest BCUT2D eigenvalue weighted by atomic mass is 10.3. The number of carbonyl (C=O) groups is 2. The summed E-state index contributed by atoms with van der Waals surface area (Å²) in [5.74, 6) is 4.62. The van der Waals surface area contributed by atoms with Crippen molar-refractivity contribution in [3.63, 3.8) is 0 Å². The number of carbonyl (C=O) groups excluding carboxylic acids is 2. The van der Waals surface area contributed by atoms with Gasteiger partial charge in [-0.2, -0.15) is 0 Å². The molecule has 0 N–H and O–H groups in total. The molecule has 0 saturated carbocycles. The normalized spacial score (nSPS) is 10.5. The smallest absolute Gasteiger partial charge is 0.294 e. The Hall–Kier alpha value is -1.30. The van der Waals surface area contributed by atoms with Crippen LogP contribution in [0, 0.1) is 11.8 Å². The van der Waals surface area contributed by atoms with Gasteiger partial charge in [0.2, 0.25) is 0 Å². The van der Waals surface area contributed by atoms with E-state index >= 15 is 0 Å². The van der Waals surface area contributed by atoms with E-state index in [4.69, 9.17) is 0 Å². The lowest BCUT2D eigenvalue weighted by molar-refractivity contribution is -0.131. The number of aldehydes is 1. The van der Waals surface area contributed by atoms with E-state index in [0.717, 1.165) is 0 Å². The lowest BCUT2D eigenvalue weighted by Crippen LogP contribution is -2.06. The summed E-state index contributed by atoms with van der Waals surface area (Å²) in [7, 11) is 0. The van der Waals surface area contributed by atoms with E-state index in [1.165, 1.54) is 0 Å². The van der Waals surface area contributed by atoms with Crippen LogP contribution in [0.3, 0.4) is 0 Å². The van der Waals surface area contributed by atoms with Gasteiger partial charge in [0.25, 0.3) is 6.47 Å². The molecular formula is C7H8O3. The number of hydrogen-bond acceptors (Lipinski definition) is 3. The molecule has 0 bridgehead atoms. The molecule has 0 aromatic carbocycles. The molecule has 0 rings (SSSR count). The molecule has 0 fully saturated rings. The van der Waals surface area contributed by atoms with Gasteiger partial charge in [-0.05, 0) is 12.3 Å². The molecule has 54 valence electrons. The molecule has 1 atom stereocenters. The van der Waals surface area contributed by atoms with Crippen LogP contribution in [0.25, 0.3) is 0 Å². The molecule has 3 nitrogen and oxygen atoms in total. The summed E-state index contributed by atoms with van der Waals surface area (Å²) in [5, 5.41) is 0. The van der Waals surface area contributed by atoms with Gasteiger partial charge in [0.1, 0.15) is 0 Å². The van der Waals surface area contributed by atoms with Crippen LogP contribution in [0.5, 0.6) is 0 Å². The van der Waals surface area contributed by atoms with E-state index in [9.17, 15) is 9.59 Å². The van der Waals surface area contributed by atoms with Crippen molar-refractivity contribution in [3.8, 4) is 11.8 Å². The highest BCUT2D eigenvalue weighted by atomic mass is 16.5. The van der Waals surface area contributed by atoms with Crippen molar-refractivity contribution in [2.45, 2.75) is 19.4 Å². The van der Waals surface area contributed by atoms with Gasteiger partial charge in [-0.3, -0.25) is 9.59 Å². The zero-order valence-corrected chi connectivity index (χ0v) is 5.66. The fourth-order valence-corrected chi connectivity index (χ4v) is 0.426. The van der Waals surface area contributed by atoms with Gasteiger partial charge in [0, 0.05) is 0 Å². The van der Waals surface area contributed by atoms with Crippen LogP contribution >= 0.6 is 0 Å². The van der Waals surface area contributed by atoms with Crippen LogP contribution in [-0.2, 0) is 14.3 Å². The van der Waals surface area contributed by atoms with Crippen molar-refractivity contribution in [1.29, 1.82) is 0 Å². The van der Waals surface area contributed by atoms with Crippen LogP contribution in [0.4, 0.5) is 0 Å². The second-order valence-electron chi connectivity index (χ2n) is 1.54. The van der Waals surface area contributed by atoms with Crippen molar-refractivity contribution in [2.75, 3.05) is 0 Å². The molecule has 0 aromatic heterocycles. The summed E-state index contributed by atoms with van der Waals surface area (Å²) in [4.78, 5) is 19.5. The zero-order valence-electron chi connectivity index (χ0n) is 5.66. The fourth-order valence-electron chi connectivity index (χ4n) is 0.426. The van der Waals surface area contributed by atoms with E-state index in [0.29, 0.717) is 19.2 Å².